The number of nitrogens with zero attached hydrogens (tertiary/aromatic N) is 2. The van der Waals surface area contributed by atoms with Gasteiger partial charge in [-0.25, -0.2) is 9.78 Å². The maximum absolute atomic E-state index is 12.6. The number of aromatic nitrogens is 2. The molecule has 0 radical (unpaired) electrons. The van der Waals surface area contributed by atoms with Crippen LogP contribution in [0.3, 0.4) is 0 Å². The van der Waals surface area contributed by atoms with E-state index in [1.165, 1.54) is 18.4 Å². The molecule has 188 valence electrons. The van der Waals surface area contributed by atoms with E-state index in [1.54, 1.807) is 6.33 Å². The number of aryl methyl sites for hydroxylation is 1. The molecule has 2 aromatic carbocycles. The van der Waals surface area contributed by atoms with E-state index in [9.17, 15) is 9.59 Å². The summed E-state index contributed by atoms with van der Waals surface area (Å²) in [6, 6.07) is 15.5. The third-order valence-corrected chi connectivity index (χ3v) is 6.91. The Kier molecular flexibility index (Phi) is 7.17. The molecule has 0 amide bonds. The number of fused-ring (bicyclic) bond motifs is 1. The van der Waals surface area contributed by atoms with Crippen molar-refractivity contribution in [1.82, 2.24) is 9.55 Å². The van der Waals surface area contributed by atoms with E-state index in [0.717, 1.165) is 32.7 Å². The molecule has 7 nitrogen and oxygen atoms in total. The molecule has 0 spiro atoms. The Morgan fingerprint density at radius 2 is 1.86 bits per heavy atom. The third-order valence-electron chi connectivity index (χ3n) is 5.82. The van der Waals surface area contributed by atoms with Gasteiger partial charge in [-0.1, -0.05) is 30.3 Å². The van der Waals surface area contributed by atoms with Crippen LogP contribution in [0.25, 0.3) is 16.0 Å². The van der Waals surface area contributed by atoms with Crippen LogP contribution in [-0.4, -0.2) is 28.6 Å². The smallest absolute Gasteiger partial charge is 0.351 e. The second kappa shape index (κ2) is 10.1. The van der Waals surface area contributed by atoms with Crippen LogP contribution in [0.5, 0.6) is 5.75 Å². The summed E-state index contributed by atoms with van der Waals surface area (Å²) >= 11 is 1.27. The fourth-order valence-electron chi connectivity index (χ4n) is 3.78. The summed E-state index contributed by atoms with van der Waals surface area (Å²) in [6.07, 6.45) is 1.44. The maximum atomic E-state index is 12.6. The summed E-state index contributed by atoms with van der Waals surface area (Å²) in [7, 11) is 1.36. The van der Waals surface area contributed by atoms with Gasteiger partial charge in [0.05, 0.1) is 23.6 Å². The number of hydrogen-bond acceptors (Lipinski definition) is 7. The molecule has 2 heterocycles. The molecule has 0 aliphatic carbocycles. The number of benzene rings is 2. The number of thiophene rings is 1. The van der Waals surface area contributed by atoms with Gasteiger partial charge < -0.3 is 14.2 Å². The van der Waals surface area contributed by atoms with Crippen molar-refractivity contribution >= 4 is 34.3 Å². The topological polar surface area (TPSA) is 79.7 Å². The Bertz CT molecular complexity index is 1410. The van der Waals surface area contributed by atoms with Gasteiger partial charge in [0.2, 0.25) is 0 Å². The average Bonchev–Trinajstić information content (AvgIpc) is 3.45. The van der Waals surface area contributed by atoms with Gasteiger partial charge >= 0.3 is 11.9 Å². The highest BCUT2D eigenvalue weighted by Crippen LogP contribution is 2.37. The highest BCUT2D eigenvalue weighted by Gasteiger charge is 2.24. The fraction of sp³-hybridized carbons (Fsp3) is 0.321. The van der Waals surface area contributed by atoms with Crippen molar-refractivity contribution in [1.29, 1.82) is 0 Å². The van der Waals surface area contributed by atoms with Crippen molar-refractivity contribution in [3.8, 4) is 10.8 Å². The van der Waals surface area contributed by atoms with Gasteiger partial charge in [-0.3, -0.25) is 9.36 Å². The zero-order chi connectivity index (χ0) is 26.0. The second-order valence-corrected chi connectivity index (χ2v) is 10.7. The first-order valence-corrected chi connectivity index (χ1v) is 12.5. The van der Waals surface area contributed by atoms with Crippen molar-refractivity contribution in [2.24, 2.45) is 5.41 Å². The van der Waals surface area contributed by atoms with Gasteiger partial charge in [-0.05, 0) is 63.4 Å². The Balaban J connectivity index is 1.67. The number of carbonyl (C=O) groups is 2. The molecule has 0 fully saturated rings. The van der Waals surface area contributed by atoms with Gasteiger partial charge in [0.15, 0.2) is 4.88 Å². The zero-order valence-electron chi connectivity index (χ0n) is 21.3. The number of esters is 2. The highest BCUT2D eigenvalue weighted by atomic mass is 32.1. The Hall–Kier alpha value is -3.65. The van der Waals surface area contributed by atoms with Crippen LogP contribution in [0.1, 0.15) is 60.2 Å². The molecule has 4 aromatic rings. The summed E-state index contributed by atoms with van der Waals surface area (Å²) in [6.45, 7) is 9.62. The molecular formula is C28H30N2O5S. The molecule has 36 heavy (non-hydrogen) atoms. The number of rotatable bonds is 7. The minimum Gasteiger partial charge on any atom is -0.484 e. The maximum Gasteiger partial charge on any atom is 0.351 e. The normalized spacial score (nSPS) is 12.4. The predicted octanol–water partition coefficient (Wildman–Crippen LogP) is 6.41. The fourth-order valence-corrected chi connectivity index (χ4v) is 4.78. The zero-order valence-corrected chi connectivity index (χ0v) is 22.1. The number of methoxy groups -OCH3 is 1. The van der Waals surface area contributed by atoms with E-state index < -0.39 is 11.4 Å². The van der Waals surface area contributed by atoms with Crippen molar-refractivity contribution in [3.63, 3.8) is 0 Å². The lowest BCUT2D eigenvalue weighted by molar-refractivity contribution is -0.154. The number of ether oxygens (including phenoxy) is 3. The monoisotopic (exact) mass is 506 g/mol. The number of carbonyl (C=O) groups excluding carboxylic acids is 2. The summed E-state index contributed by atoms with van der Waals surface area (Å²) in [4.78, 5) is 29.7. The lowest BCUT2D eigenvalue weighted by Crippen LogP contribution is -2.22. The summed E-state index contributed by atoms with van der Waals surface area (Å²) < 4.78 is 18.7. The third kappa shape index (κ3) is 5.28. The molecule has 0 bridgehead atoms. The second-order valence-electron chi connectivity index (χ2n) is 9.65. The van der Waals surface area contributed by atoms with Gasteiger partial charge in [0.25, 0.3) is 0 Å². The molecule has 1 atom stereocenters. The van der Waals surface area contributed by atoms with Crippen molar-refractivity contribution in [3.05, 3.63) is 76.4 Å². The Morgan fingerprint density at radius 3 is 2.56 bits per heavy atom. The van der Waals surface area contributed by atoms with Crippen molar-refractivity contribution < 1.29 is 23.8 Å². The molecule has 0 unspecified atom stereocenters. The minimum atomic E-state index is -0.570. The lowest BCUT2D eigenvalue weighted by atomic mass is 9.97. The molecule has 8 heteroatoms. The summed E-state index contributed by atoms with van der Waals surface area (Å²) in [5.41, 5.74) is 4.04. The van der Waals surface area contributed by atoms with E-state index >= 15 is 0 Å². The molecule has 4 rings (SSSR count). The van der Waals surface area contributed by atoms with Gasteiger partial charge in [-0.15, -0.1) is 11.3 Å². The van der Waals surface area contributed by atoms with Crippen LogP contribution in [0, 0.1) is 12.3 Å². The molecule has 0 saturated carbocycles. The molecule has 0 saturated heterocycles. The molecule has 0 aliphatic rings. The SMILES string of the molecule is COC(=O)c1sc(-n2cnc3ccc(COC(=O)C(C)(C)C)cc32)cc1O[C@H](C)c1ccccc1C. The standard InChI is InChI=1S/C28H30N2O5S/c1-17-9-7-8-10-20(17)18(2)35-23-14-24(36-25(23)26(31)33-6)30-16-29-21-12-11-19(13-22(21)30)15-34-27(32)28(3,4)5/h7-14,16,18H,15H2,1-6H3/t18-/m1/s1. The van der Waals surface area contributed by atoms with E-state index in [4.69, 9.17) is 14.2 Å². The van der Waals surface area contributed by atoms with Crippen LogP contribution >= 0.6 is 11.3 Å². The lowest BCUT2D eigenvalue weighted by Gasteiger charge is -2.17. The Labute approximate surface area is 214 Å². The predicted molar refractivity (Wildman–Crippen MR) is 140 cm³/mol. The molecule has 2 aromatic heterocycles. The van der Waals surface area contributed by atoms with Gasteiger partial charge in [0, 0.05) is 6.07 Å². The first kappa shape index (κ1) is 25.4. The van der Waals surface area contributed by atoms with Gasteiger partial charge in [0.1, 0.15) is 29.8 Å². The van der Waals surface area contributed by atoms with Crippen molar-refractivity contribution in [2.45, 2.75) is 47.3 Å². The van der Waals surface area contributed by atoms with E-state index in [-0.39, 0.29) is 18.7 Å². The number of hydrogen-bond donors (Lipinski definition) is 0. The largest absolute Gasteiger partial charge is 0.484 e. The van der Waals surface area contributed by atoms with Crippen LogP contribution < -0.4 is 4.74 Å². The van der Waals surface area contributed by atoms with E-state index in [2.05, 4.69) is 4.98 Å². The van der Waals surface area contributed by atoms with Crippen LogP contribution in [0.2, 0.25) is 0 Å². The summed E-state index contributed by atoms with van der Waals surface area (Å²) in [5.74, 6) is -0.270. The first-order valence-electron chi connectivity index (χ1n) is 11.7. The van der Waals surface area contributed by atoms with Gasteiger partial charge in [-0.2, -0.15) is 0 Å². The highest BCUT2D eigenvalue weighted by molar-refractivity contribution is 7.16. The Morgan fingerprint density at radius 1 is 1.11 bits per heavy atom. The van der Waals surface area contributed by atoms with E-state index in [0.29, 0.717) is 10.6 Å². The molecular weight excluding hydrogens is 476 g/mol. The van der Waals surface area contributed by atoms with Crippen LogP contribution in [0.4, 0.5) is 0 Å². The molecule has 0 N–H and O–H groups in total. The quantitative estimate of drug-likeness (QED) is 0.270. The first-order chi connectivity index (χ1) is 17.1. The average molecular weight is 507 g/mol. The minimum absolute atomic E-state index is 0.164. The molecule has 0 aliphatic heterocycles. The van der Waals surface area contributed by atoms with Crippen LogP contribution in [-0.2, 0) is 20.9 Å². The van der Waals surface area contributed by atoms with Crippen molar-refractivity contribution in [2.75, 3.05) is 7.11 Å². The number of imidazole rings is 1. The summed E-state index contributed by atoms with van der Waals surface area (Å²) in [5, 5.41) is 0.758. The van der Waals surface area contributed by atoms with Crippen LogP contribution in [0.15, 0.2) is 54.9 Å². The van der Waals surface area contributed by atoms with E-state index in [1.807, 2.05) is 87.7 Å².